The van der Waals surface area contributed by atoms with Crippen LogP contribution in [0.2, 0.25) is 0 Å². The quantitative estimate of drug-likeness (QED) is 0.466. The SMILES string of the molecule is O=C(NCCCn1ccnc1)c1cc(-c2cnoc2-c2cccc(F)c2F)c[nH]1. The summed E-state index contributed by atoms with van der Waals surface area (Å²) in [6.45, 7) is 1.25. The van der Waals surface area contributed by atoms with Crippen molar-refractivity contribution >= 4 is 5.91 Å². The molecule has 29 heavy (non-hydrogen) atoms. The lowest BCUT2D eigenvalue weighted by molar-refractivity contribution is 0.0948. The molecular weight excluding hydrogens is 380 g/mol. The predicted molar refractivity (Wildman–Crippen MR) is 101 cm³/mol. The van der Waals surface area contributed by atoms with Crippen LogP contribution in [0.25, 0.3) is 22.5 Å². The number of carbonyl (C=O) groups excluding carboxylic acids is 1. The van der Waals surface area contributed by atoms with E-state index in [2.05, 4.69) is 20.4 Å². The number of H-pyrrole nitrogens is 1. The number of aromatic amines is 1. The summed E-state index contributed by atoms with van der Waals surface area (Å²) >= 11 is 0. The van der Waals surface area contributed by atoms with E-state index < -0.39 is 11.6 Å². The van der Waals surface area contributed by atoms with Crippen molar-refractivity contribution in [1.29, 1.82) is 0 Å². The predicted octanol–water partition coefficient (Wildman–Crippen LogP) is 3.63. The summed E-state index contributed by atoms with van der Waals surface area (Å²) in [5.41, 5.74) is 1.33. The average molecular weight is 397 g/mol. The molecule has 1 aromatic carbocycles. The Balaban J connectivity index is 1.45. The molecule has 0 atom stereocenters. The number of benzene rings is 1. The van der Waals surface area contributed by atoms with E-state index in [0.717, 1.165) is 19.0 Å². The lowest BCUT2D eigenvalue weighted by Crippen LogP contribution is -2.25. The topological polar surface area (TPSA) is 88.7 Å². The van der Waals surface area contributed by atoms with Crippen molar-refractivity contribution in [2.45, 2.75) is 13.0 Å². The highest BCUT2D eigenvalue weighted by Gasteiger charge is 2.20. The van der Waals surface area contributed by atoms with E-state index in [4.69, 9.17) is 4.52 Å². The molecule has 2 N–H and O–H groups in total. The number of imidazole rings is 1. The third kappa shape index (κ3) is 3.93. The molecule has 0 aliphatic carbocycles. The minimum absolute atomic E-state index is 0.0378. The van der Waals surface area contributed by atoms with Gasteiger partial charge in [0, 0.05) is 37.2 Å². The Labute approximate surface area is 164 Å². The first kappa shape index (κ1) is 18.6. The summed E-state index contributed by atoms with van der Waals surface area (Å²) in [7, 11) is 0. The second kappa shape index (κ2) is 8.09. The van der Waals surface area contributed by atoms with Crippen LogP contribution >= 0.6 is 0 Å². The minimum atomic E-state index is -1.02. The van der Waals surface area contributed by atoms with E-state index in [1.165, 1.54) is 18.3 Å². The zero-order valence-corrected chi connectivity index (χ0v) is 15.2. The molecule has 1 amide bonds. The smallest absolute Gasteiger partial charge is 0.267 e. The van der Waals surface area contributed by atoms with Gasteiger partial charge in [-0.1, -0.05) is 11.2 Å². The van der Waals surface area contributed by atoms with Crippen LogP contribution in [0.3, 0.4) is 0 Å². The maximum Gasteiger partial charge on any atom is 0.267 e. The largest absolute Gasteiger partial charge is 0.357 e. The van der Waals surface area contributed by atoms with Gasteiger partial charge in [0.25, 0.3) is 5.91 Å². The number of nitrogens with zero attached hydrogens (tertiary/aromatic N) is 3. The Morgan fingerprint density at radius 2 is 2.17 bits per heavy atom. The Morgan fingerprint density at radius 3 is 3.00 bits per heavy atom. The first-order chi connectivity index (χ1) is 14.1. The van der Waals surface area contributed by atoms with Crippen molar-refractivity contribution in [2.24, 2.45) is 0 Å². The molecule has 3 aromatic heterocycles. The van der Waals surface area contributed by atoms with Gasteiger partial charge in [0.05, 0.1) is 23.7 Å². The maximum absolute atomic E-state index is 14.1. The molecule has 0 fully saturated rings. The van der Waals surface area contributed by atoms with Crippen LogP contribution < -0.4 is 5.32 Å². The molecule has 9 heteroatoms. The van der Waals surface area contributed by atoms with Gasteiger partial charge in [-0.05, 0) is 24.6 Å². The lowest BCUT2D eigenvalue weighted by atomic mass is 10.0. The first-order valence-electron chi connectivity index (χ1n) is 8.95. The number of hydrogen-bond donors (Lipinski definition) is 2. The normalized spacial score (nSPS) is 11.0. The van der Waals surface area contributed by atoms with Gasteiger partial charge in [-0.3, -0.25) is 4.79 Å². The number of halogens is 2. The van der Waals surface area contributed by atoms with Crippen LogP contribution in [0.5, 0.6) is 0 Å². The number of nitrogens with one attached hydrogen (secondary N) is 2. The summed E-state index contributed by atoms with van der Waals surface area (Å²) in [4.78, 5) is 19.2. The Kier molecular flexibility index (Phi) is 5.19. The fraction of sp³-hybridized carbons (Fsp3) is 0.150. The molecule has 0 bridgehead atoms. The van der Waals surface area contributed by atoms with Crippen molar-refractivity contribution in [3.63, 3.8) is 0 Å². The Hall–Kier alpha value is -3.75. The van der Waals surface area contributed by atoms with Crippen LogP contribution in [0.1, 0.15) is 16.9 Å². The number of aryl methyl sites for hydroxylation is 1. The molecular formula is C20H17F2N5O2. The average Bonchev–Trinajstić information content (AvgIpc) is 3.47. The zero-order valence-electron chi connectivity index (χ0n) is 15.2. The molecule has 7 nitrogen and oxygen atoms in total. The van der Waals surface area contributed by atoms with Gasteiger partial charge in [0.2, 0.25) is 0 Å². The summed E-state index contributed by atoms with van der Waals surface area (Å²) in [5.74, 6) is -2.17. The van der Waals surface area contributed by atoms with E-state index in [-0.39, 0.29) is 17.2 Å². The summed E-state index contributed by atoms with van der Waals surface area (Å²) in [6, 6.07) is 5.43. The second-order valence-electron chi connectivity index (χ2n) is 6.38. The van der Waals surface area contributed by atoms with E-state index in [1.54, 1.807) is 24.8 Å². The van der Waals surface area contributed by atoms with Crippen LogP contribution in [-0.4, -0.2) is 32.1 Å². The minimum Gasteiger partial charge on any atom is -0.357 e. The van der Waals surface area contributed by atoms with Crippen molar-refractivity contribution in [2.75, 3.05) is 6.54 Å². The molecule has 0 aliphatic heterocycles. The van der Waals surface area contributed by atoms with Gasteiger partial charge in [-0.25, -0.2) is 13.8 Å². The molecule has 0 spiro atoms. The van der Waals surface area contributed by atoms with Crippen molar-refractivity contribution < 1.29 is 18.1 Å². The molecule has 0 unspecified atom stereocenters. The first-order valence-corrected chi connectivity index (χ1v) is 8.95. The fourth-order valence-corrected chi connectivity index (χ4v) is 2.98. The van der Waals surface area contributed by atoms with Gasteiger partial charge in [-0.15, -0.1) is 0 Å². The highest BCUT2D eigenvalue weighted by molar-refractivity contribution is 5.94. The van der Waals surface area contributed by atoms with E-state index in [9.17, 15) is 13.6 Å². The molecule has 0 aliphatic rings. The number of rotatable bonds is 7. The summed E-state index contributed by atoms with van der Waals surface area (Å²) in [5, 5.41) is 6.53. The highest BCUT2D eigenvalue weighted by Crippen LogP contribution is 2.34. The number of amides is 1. The molecule has 3 heterocycles. The lowest BCUT2D eigenvalue weighted by Gasteiger charge is -2.04. The molecule has 0 saturated carbocycles. The van der Waals surface area contributed by atoms with E-state index >= 15 is 0 Å². The Bertz CT molecular complexity index is 1120. The van der Waals surface area contributed by atoms with Crippen molar-refractivity contribution in [3.05, 3.63) is 72.7 Å². The van der Waals surface area contributed by atoms with Gasteiger partial charge in [0.1, 0.15) is 5.69 Å². The van der Waals surface area contributed by atoms with Crippen molar-refractivity contribution in [3.8, 4) is 22.5 Å². The standard InChI is InChI=1S/C20H17F2N5O2/c21-16-4-1-3-14(18(16)22)19-15(11-26-29-19)13-9-17(25-10-13)20(28)24-5-2-7-27-8-6-23-12-27/h1,3-4,6,8-12,25H,2,5,7H2,(H,24,28). The van der Waals surface area contributed by atoms with Gasteiger partial charge < -0.3 is 19.4 Å². The zero-order chi connectivity index (χ0) is 20.2. The van der Waals surface area contributed by atoms with Gasteiger partial charge in [-0.2, -0.15) is 0 Å². The Morgan fingerprint density at radius 1 is 1.28 bits per heavy atom. The van der Waals surface area contributed by atoms with Crippen LogP contribution in [0.4, 0.5) is 8.78 Å². The fourth-order valence-electron chi connectivity index (χ4n) is 2.98. The second-order valence-corrected chi connectivity index (χ2v) is 6.38. The molecule has 0 saturated heterocycles. The molecule has 148 valence electrons. The molecule has 0 radical (unpaired) electrons. The van der Waals surface area contributed by atoms with E-state index in [1.807, 2.05) is 10.8 Å². The third-order valence-corrected chi connectivity index (χ3v) is 4.44. The molecule has 4 rings (SSSR count). The molecule has 4 aromatic rings. The van der Waals surface area contributed by atoms with Crippen LogP contribution in [0.15, 0.2) is 59.9 Å². The van der Waals surface area contributed by atoms with Crippen LogP contribution in [-0.2, 0) is 6.54 Å². The summed E-state index contributed by atoms with van der Waals surface area (Å²) < 4.78 is 34.8. The van der Waals surface area contributed by atoms with Gasteiger partial charge >= 0.3 is 0 Å². The van der Waals surface area contributed by atoms with Crippen LogP contribution in [0, 0.1) is 11.6 Å². The number of aromatic nitrogens is 4. The number of hydrogen-bond acceptors (Lipinski definition) is 4. The van der Waals surface area contributed by atoms with Gasteiger partial charge in [0.15, 0.2) is 17.4 Å². The maximum atomic E-state index is 14.1. The third-order valence-electron chi connectivity index (χ3n) is 4.44. The number of carbonyl (C=O) groups is 1. The van der Waals surface area contributed by atoms with E-state index in [0.29, 0.717) is 23.4 Å². The summed E-state index contributed by atoms with van der Waals surface area (Å²) in [6.07, 6.45) is 9.02. The monoisotopic (exact) mass is 397 g/mol. The van der Waals surface area contributed by atoms with Crippen molar-refractivity contribution in [1.82, 2.24) is 25.0 Å². The highest BCUT2D eigenvalue weighted by atomic mass is 19.2.